The van der Waals surface area contributed by atoms with Crippen LogP contribution in [-0.4, -0.2) is 19.3 Å². The molecule has 0 aromatic heterocycles. The standard InChI is InChI=1S/C15H26N2O2/c1-5-8-14(18-4)15(17-16)12-9-6-7-10-13(12)19-11(2)3/h6-7,9-11,14-15,17H,5,8,16H2,1-4H3. The van der Waals surface area contributed by atoms with Crippen LogP contribution in [0.25, 0.3) is 0 Å². The minimum absolute atomic E-state index is 0.0342. The minimum Gasteiger partial charge on any atom is -0.491 e. The highest BCUT2D eigenvalue weighted by molar-refractivity contribution is 5.36. The second-order valence-electron chi connectivity index (χ2n) is 4.91. The van der Waals surface area contributed by atoms with Crippen LogP contribution in [0.5, 0.6) is 5.75 Å². The first-order valence-corrected chi connectivity index (χ1v) is 6.88. The fourth-order valence-electron chi connectivity index (χ4n) is 2.20. The third-order valence-electron chi connectivity index (χ3n) is 3.04. The fourth-order valence-corrected chi connectivity index (χ4v) is 2.20. The second kappa shape index (κ2) is 8.15. The monoisotopic (exact) mass is 266 g/mol. The number of para-hydroxylation sites is 1. The van der Waals surface area contributed by atoms with E-state index in [1.165, 1.54) is 0 Å². The van der Waals surface area contributed by atoms with E-state index in [1.807, 2.05) is 38.1 Å². The topological polar surface area (TPSA) is 56.5 Å². The molecular formula is C15H26N2O2. The Hall–Kier alpha value is -1.10. The highest BCUT2D eigenvalue weighted by atomic mass is 16.5. The Morgan fingerprint density at radius 3 is 2.47 bits per heavy atom. The predicted molar refractivity (Wildman–Crippen MR) is 78.0 cm³/mol. The summed E-state index contributed by atoms with van der Waals surface area (Å²) in [5, 5.41) is 0. The number of benzene rings is 1. The summed E-state index contributed by atoms with van der Waals surface area (Å²) < 4.78 is 11.4. The summed E-state index contributed by atoms with van der Waals surface area (Å²) in [6, 6.07) is 7.89. The van der Waals surface area contributed by atoms with Crippen LogP contribution in [0, 0.1) is 0 Å². The number of nitrogens with one attached hydrogen (secondary N) is 1. The molecular weight excluding hydrogens is 240 g/mol. The first-order valence-electron chi connectivity index (χ1n) is 6.88. The average Bonchev–Trinajstić information content (AvgIpc) is 2.39. The molecule has 108 valence electrons. The smallest absolute Gasteiger partial charge is 0.124 e. The molecule has 0 heterocycles. The van der Waals surface area contributed by atoms with Gasteiger partial charge in [-0.2, -0.15) is 0 Å². The van der Waals surface area contributed by atoms with Crippen LogP contribution in [-0.2, 0) is 4.74 Å². The van der Waals surface area contributed by atoms with E-state index in [4.69, 9.17) is 15.3 Å². The van der Waals surface area contributed by atoms with E-state index in [-0.39, 0.29) is 18.2 Å². The Balaban J connectivity index is 3.02. The molecule has 0 spiro atoms. The van der Waals surface area contributed by atoms with Crippen molar-refractivity contribution in [2.75, 3.05) is 7.11 Å². The highest BCUT2D eigenvalue weighted by Gasteiger charge is 2.24. The van der Waals surface area contributed by atoms with Gasteiger partial charge in [0.2, 0.25) is 0 Å². The van der Waals surface area contributed by atoms with E-state index in [2.05, 4.69) is 12.3 Å². The molecule has 0 radical (unpaired) electrons. The van der Waals surface area contributed by atoms with E-state index in [0.29, 0.717) is 0 Å². The van der Waals surface area contributed by atoms with Crippen LogP contribution in [0.4, 0.5) is 0 Å². The molecule has 0 fully saturated rings. The van der Waals surface area contributed by atoms with Crippen LogP contribution < -0.4 is 16.0 Å². The molecule has 0 amide bonds. The molecule has 2 unspecified atom stereocenters. The molecule has 1 aromatic rings. The maximum atomic E-state index is 5.85. The second-order valence-corrected chi connectivity index (χ2v) is 4.91. The molecule has 2 atom stereocenters. The average molecular weight is 266 g/mol. The maximum Gasteiger partial charge on any atom is 0.124 e. The van der Waals surface area contributed by atoms with Crippen LogP contribution in [0.15, 0.2) is 24.3 Å². The van der Waals surface area contributed by atoms with Gasteiger partial charge < -0.3 is 9.47 Å². The van der Waals surface area contributed by atoms with Gasteiger partial charge in [0.25, 0.3) is 0 Å². The van der Waals surface area contributed by atoms with Gasteiger partial charge in [-0.05, 0) is 26.3 Å². The first-order chi connectivity index (χ1) is 9.13. The SMILES string of the molecule is CCCC(OC)C(NN)c1ccccc1OC(C)C. The molecule has 4 nitrogen and oxygen atoms in total. The third-order valence-corrected chi connectivity index (χ3v) is 3.04. The van der Waals surface area contributed by atoms with E-state index < -0.39 is 0 Å². The van der Waals surface area contributed by atoms with E-state index in [1.54, 1.807) is 7.11 Å². The molecule has 0 aliphatic rings. The molecule has 0 aliphatic carbocycles. The number of hydrazine groups is 1. The summed E-state index contributed by atoms with van der Waals surface area (Å²) in [4.78, 5) is 0. The molecule has 0 bridgehead atoms. The Labute approximate surface area is 116 Å². The number of hydrogen-bond acceptors (Lipinski definition) is 4. The normalized spacial score (nSPS) is 14.4. The van der Waals surface area contributed by atoms with Gasteiger partial charge in [-0.3, -0.25) is 11.3 Å². The van der Waals surface area contributed by atoms with Crippen LogP contribution in [0.1, 0.15) is 45.2 Å². The van der Waals surface area contributed by atoms with Gasteiger partial charge in [-0.15, -0.1) is 0 Å². The fraction of sp³-hybridized carbons (Fsp3) is 0.600. The van der Waals surface area contributed by atoms with Crippen molar-refractivity contribution in [2.45, 2.75) is 51.9 Å². The molecule has 1 rings (SSSR count). The zero-order valence-electron chi connectivity index (χ0n) is 12.3. The van der Waals surface area contributed by atoms with Gasteiger partial charge in [0.1, 0.15) is 5.75 Å². The predicted octanol–water partition coefficient (Wildman–Crippen LogP) is 2.79. The van der Waals surface area contributed by atoms with Gasteiger partial charge in [0, 0.05) is 12.7 Å². The van der Waals surface area contributed by atoms with Crippen LogP contribution >= 0.6 is 0 Å². The zero-order valence-corrected chi connectivity index (χ0v) is 12.3. The third kappa shape index (κ3) is 4.49. The summed E-state index contributed by atoms with van der Waals surface area (Å²) in [5.74, 6) is 6.59. The number of hydrogen-bond donors (Lipinski definition) is 2. The molecule has 1 aromatic carbocycles. The maximum absolute atomic E-state index is 5.85. The van der Waals surface area contributed by atoms with Crippen molar-refractivity contribution in [1.82, 2.24) is 5.43 Å². The largest absolute Gasteiger partial charge is 0.491 e. The summed E-state index contributed by atoms with van der Waals surface area (Å²) >= 11 is 0. The van der Waals surface area contributed by atoms with E-state index >= 15 is 0 Å². The molecule has 4 heteroatoms. The molecule has 0 saturated carbocycles. The van der Waals surface area contributed by atoms with E-state index in [0.717, 1.165) is 24.2 Å². The quantitative estimate of drug-likeness (QED) is 0.561. The van der Waals surface area contributed by atoms with Gasteiger partial charge in [0.15, 0.2) is 0 Å². The summed E-state index contributed by atoms with van der Waals surface area (Å²) in [5.41, 5.74) is 3.90. The Kier molecular flexibility index (Phi) is 6.84. The Bertz CT molecular complexity index is 369. The summed E-state index contributed by atoms with van der Waals surface area (Å²) in [6.45, 7) is 6.17. The molecule has 0 aliphatic heterocycles. The van der Waals surface area contributed by atoms with Gasteiger partial charge in [0.05, 0.1) is 18.2 Å². The molecule has 3 N–H and O–H groups in total. The zero-order chi connectivity index (χ0) is 14.3. The van der Waals surface area contributed by atoms with Crippen molar-refractivity contribution >= 4 is 0 Å². The van der Waals surface area contributed by atoms with Crippen molar-refractivity contribution in [1.29, 1.82) is 0 Å². The highest BCUT2D eigenvalue weighted by Crippen LogP contribution is 2.30. The van der Waals surface area contributed by atoms with Crippen molar-refractivity contribution in [3.8, 4) is 5.75 Å². The Morgan fingerprint density at radius 2 is 1.95 bits per heavy atom. The Morgan fingerprint density at radius 1 is 1.26 bits per heavy atom. The van der Waals surface area contributed by atoms with E-state index in [9.17, 15) is 0 Å². The lowest BCUT2D eigenvalue weighted by atomic mass is 9.97. The van der Waals surface area contributed by atoms with Gasteiger partial charge >= 0.3 is 0 Å². The molecule has 19 heavy (non-hydrogen) atoms. The number of rotatable bonds is 8. The summed E-state index contributed by atoms with van der Waals surface area (Å²) in [7, 11) is 1.72. The number of ether oxygens (including phenoxy) is 2. The minimum atomic E-state index is -0.0695. The number of nitrogens with two attached hydrogens (primary N) is 1. The lowest BCUT2D eigenvalue weighted by Gasteiger charge is -2.27. The number of methoxy groups -OCH3 is 1. The van der Waals surface area contributed by atoms with Gasteiger partial charge in [-0.25, -0.2) is 0 Å². The lowest BCUT2D eigenvalue weighted by molar-refractivity contribution is 0.0592. The van der Waals surface area contributed by atoms with Gasteiger partial charge in [-0.1, -0.05) is 31.5 Å². The van der Waals surface area contributed by atoms with Crippen molar-refractivity contribution in [2.24, 2.45) is 5.84 Å². The van der Waals surface area contributed by atoms with Crippen LogP contribution in [0.2, 0.25) is 0 Å². The van der Waals surface area contributed by atoms with Crippen molar-refractivity contribution in [3.05, 3.63) is 29.8 Å². The summed E-state index contributed by atoms with van der Waals surface area (Å²) in [6.07, 6.45) is 2.16. The van der Waals surface area contributed by atoms with Crippen molar-refractivity contribution < 1.29 is 9.47 Å². The lowest BCUT2D eigenvalue weighted by Crippen LogP contribution is -2.38. The first kappa shape index (κ1) is 16.0. The van der Waals surface area contributed by atoms with Crippen molar-refractivity contribution in [3.63, 3.8) is 0 Å². The molecule has 0 saturated heterocycles. The van der Waals surface area contributed by atoms with Crippen LogP contribution in [0.3, 0.4) is 0 Å².